The molecule has 1 aromatic carbocycles. The van der Waals surface area contributed by atoms with E-state index < -0.39 is 0 Å². The van der Waals surface area contributed by atoms with Crippen LogP contribution in [0.2, 0.25) is 0 Å². The van der Waals surface area contributed by atoms with E-state index in [4.69, 9.17) is 0 Å². The molecule has 1 nitrogen and oxygen atoms in total. The predicted molar refractivity (Wildman–Crippen MR) is 50.9 cm³/mol. The van der Waals surface area contributed by atoms with Crippen LogP contribution in [0.1, 0.15) is 18.4 Å². The van der Waals surface area contributed by atoms with Gasteiger partial charge >= 0.3 is 73.3 Å². The molecule has 0 unspecified atom stereocenters. The first-order chi connectivity index (χ1) is 5.93. The van der Waals surface area contributed by atoms with Crippen molar-refractivity contribution in [1.29, 1.82) is 0 Å². The van der Waals surface area contributed by atoms with Crippen molar-refractivity contribution >= 4 is 7.92 Å². The maximum absolute atomic E-state index is 10.0. The number of rotatable bonds is 3. The molecule has 1 rings (SSSR count). The van der Waals surface area contributed by atoms with Gasteiger partial charge in [-0.25, -0.2) is 0 Å². The fourth-order valence-corrected chi connectivity index (χ4v) is 1.31. The summed E-state index contributed by atoms with van der Waals surface area (Å²) in [6.45, 7) is 0. The van der Waals surface area contributed by atoms with Gasteiger partial charge in [-0.3, -0.25) is 0 Å². The van der Waals surface area contributed by atoms with E-state index in [1.807, 2.05) is 18.2 Å². The molecule has 62 valence electrons. The molecular formula is C10H11OP. The van der Waals surface area contributed by atoms with Crippen molar-refractivity contribution in [1.82, 2.24) is 0 Å². The molecule has 0 aliphatic carbocycles. The third-order valence-electron chi connectivity index (χ3n) is 1.66. The normalized spacial score (nSPS) is 9.00. The van der Waals surface area contributed by atoms with Crippen molar-refractivity contribution in [3.05, 3.63) is 35.9 Å². The molecule has 0 aromatic heterocycles. The predicted octanol–water partition coefficient (Wildman–Crippen LogP) is 3.26. The number of hydrogen-bond acceptors (Lipinski definition) is 1. The minimum absolute atomic E-state index is 0.0310. The molecule has 0 spiro atoms. The summed E-state index contributed by atoms with van der Waals surface area (Å²) in [4.78, 5) is 0. The molecule has 0 bridgehead atoms. The average Bonchev–Trinajstić information content (AvgIpc) is 2.14. The van der Waals surface area contributed by atoms with Crippen LogP contribution >= 0.6 is 7.92 Å². The fourth-order valence-electron chi connectivity index (χ4n) is 1.06. The Balaban J connectivity index is 2.32. The minimum atomic E-state index is 0.0310. The van der Waals surface area contributed by atoms with Crippen molar-refractivity contribution < 1.29 is 4.57 Å². The Bertz CT molecular complexity index is 312. The first kappa shape index (κ1) is 9.32. The van der Waals surface area contributed by atoms with Crippen LogP contribution in [0.15, 0.2) is 30.3 Å². The quantitative estimate of drug-likeness (QED) is 0.512. The second-order valence-electron chi connectivity index (χ2n) is 2.59. The van der Waals surface area contributed by atoms with E-state index in [2.05, 4.69) is 17.8 Å². The van der Waals surface area contributed by atoms with Crippen LogP contribution in [-0.4, -0.2) is 0 Å². The zero-order valence-corrected chi connectivity index (χ0v) is 7.76. The molecule has 0 saturated carbocycles. The van der Waals surface area contributed by atoms with Crippen molar-refractivity contribution in [2.24, 2.45) is 0 Å². The fraction of sp³-hybridized carbons (Fsp3) is 0.300. The van der Waals surface area contributed by atoms with Crippen molar-refractivity contribution in [2.75, 3.05) is 0 Å². The van der Waals surface area contributed by atoms with Crippen molar-refractivity contribution in [3.8, 4) is 5.63 Å². The molecule has 0 radical (unpaired) electrons. The monoisotopic (exact) mass is 178 g/mol. The number of hydrogen-bond donors (Lipinski definition) is 0. The second kappa shape index (κ2) is 5.83. The van der Waals surface area contributed by atoms with Crippen LogP contribution in [-0.2, 0) is 11.0 Å². The third kappa shape index (κ3) is 3.57. The topological polar surface area (TPSA) is 17.1 Å². The first-order valence-electron chi connectivity index (χ1n) is 4.02. The Hall–Kier alpha value is -0.770. The molecular weight excluding hydrogens is 167 g/mol. The Labute approximate surface area is 73.9 Å². The average molecular weight is 178 g/mol. The van der Waals surface area contributed by atoms with E-state index in [-0.39, 0.29) is 7.92 Å². The van der Waals surface area contributed by atoms with Crippen LogP contribution in [0, 0.1) is 5.63 Å². The molecule has 0 fully saturated rings. The van der Waals surface area contributed by atoms with Gasteiger partial charge in [-0.1, -0.05) is 0 Å². The molecule has 0 N–H and O–H groups in total. The summed E-state index contributed by atoms with van der Waals surface area (Å²) in [5, 5.41) is 0. The summed E-state index contributed by atoms with van der Waals surface area (Å²) < 4.78 is 10.0. The van der Waals surface area contributed by atoms with Crippen molar-refractivity contribution in [3.63, 3.8) is 0 Å². The zero-order chi connectivity index (χ0) is 8.65. The molecule has 1 aromatic rings. The van der Waals surface area contributed by atoms with E-state index >= 15 is 0 Å². The number of benzene rings is 1. The summed E-state index contributed by atoms with van der Waals surface area (Å²) in [5.74, 6) is 0. The summed E-state index contributed by atoms with van der Waals surface area (Å²) in [6, 6.07) is 10.3. The first-order valence-corrected chi connectivity index (χ1v) is 4.84. The van der Waals surface area contributed by atoms with Gasteiger partial charge in [0.15, 0.2) is 0 Å². The van der Waals surface area contributed by atoms with Crippen LogP contribution in [0.3, 0.4) is 0 Å². The molecule has 0 aliphatic rings. The van der Waals surface area contributed by atoms with Gasteiger partial charge in [0.05, 0.1) is 0 Å². The van der Waals surface area contributed by atoms with Gasteiger partial charge < -0.3 is 0 Å². The summed E-state index contributed by atoms with van der Waals surface area (Å²) in [6.07, 6.45) is 2.88. The van der Waals surface area contributed by atoms with Gasteiger partial charge in [0.25, 0.3) is 0 Å². The standard InChI is InChI=1S/C10H11OP/c11-12-9-5-4-8-10-6-2-1-3-7-10/h1-3,6-7H,4-5,8H2. The Morgan fingerprint density at radius 2 is 2.00 bits per heavy atom. The van der Waals surface area contributed by atoms with E-state index in [1.54, 1.807) is 0 Å². The van der Waals surface area contributed by atoms with Gasteiger partial charge in [0, 0.05) is 0 Å². The van der Waals surface area contributed by atoms with Gasteiger partial charge in [0.2, 0.25) is 0 Å². The van der Waals surface area contributed by atoms with Gasteiger partial charge in [0.1, 0.15) is 0 Å². The molecule has 2 heteroatoms. The Morgan fingerprint density at radius 1 is 1.25 bits per heavy atom. The molecule has 0 saturated heterocycles. The zero-order valence-electron chi connectivity index (χ0n) is 6.86. The van der Waals surface area contributed by atoms with Crippen LogP contribution in [0.4, 0.5) is 0 Å². The Kier molecular flexibility index (Phi) is 4.52. The van der Waals surface area contributed by atoms with E-state index in [1.165, 1.54) is 5.56 Å². The van der Waals surface area contributed by atoms with E-state index in [0.717, 1.165) is 19.3 Å². The van der Waals surface area contributed by atoms with Crippen LogP contribution in [0.5, 0.6) is 0 Å². The molecule has 0 heterocycles. The summed E-state index contributed by atoms with van der Waals surface area (Å²) in [7, 11) is 0.0310. The van der Waals surface area contributed by atoms with E-state index in [9.17, 15) is 4.57 Å². The molecule has 0 atom stereocenters. The number of aryl methyl sites for hydroxylation is 1. The Morgan fingerprint density at radius 3 is 2.67 bits per heavy atom. The maximum atomic E-state index is 10.0. The van der Waals surface area contributed by atoms with E-state index in [0.29, 0.717) is 0 Å². The molecule has 12 heavy (non-hydrogen) atoms. The molecule has 0 aliphatic heterocycles. The van der Waals surface area contributed by atoms with Crippen LogP contribution in [0.25, 0.3) is 0 Å². The number of unbranched alkanes of at least 4 members (excludes halogenated alkanes) is 1. The van der Waals surface area contributed by atoms with Gasteiger partial charge in [-0.05, 0) is 0 Å². The molecule has 0 amide bonds. The summed E-state index contributed by atoms with van der Waals surface area (Å²) >= 11 is 0. The third-order valence-corrected chi connectivity index (χ3v) is 2.01. The van der Waals surface area contributed by atoms with Gasteiger partial charge in [-0.15, -0.1) is 0 Å². The van der Waals surface area contributed by atoms with Gasteiger partial charge in [-0.2, -0.15) is 0 Å². The van der Waals surface area contributed by atoms with Crippen molar-refractivity contribution in [2.45, 2.75) is 19.3 Å². The van der Waals surface area contributed by atoms with Crippen LogP contribution < -0.4 is 0 Å². The second-order valence-corrected chi connectivity index (χ2v) is 3.09. The SMILES string of the molecule is O=P#CCCCc1ccccc1. The summed E-state index contributed by atoms with van der Waals surface area (Å²) in [5.41, 5.74) is 4.07.